The summed E-state index contributed by atoms with van der Waals surface area (Å²) in [4.78, 5) is 39.9. The maximum absolute atomic E-state index is 13.0. The SMILES string of the molecule is CC[C@@H](C(=O)NCCOC)N1CCN(Cc2ccc(F)cc2)C(=O)C1=O. The van der Waals surface area contributed by atoms with Crippen molar-refractivity contribution in [2.75, 3.05) is 33.4 Å². The summed E-state index contributed by atoms with van der Waals surface area (Å²) in [5, 5.41) is 2.71. The minimum absolute atomic E-state index is 0.232. The Morgan fingerprint density at radius 2 is 1.92 bits per heavy atom. The Kier molecular flexibility index (Phi) is 7.08. The molecule has 1 aliphatic heterocycles. The van der Waals surface area contributed by atoms with E-state index in [-0.39, 0.29) is 24.8 Å². The van der Waals surface area contributed by atoms with E-state index in [0.29, 0.717) is 26.1 Å². The fourth-order valence-corrected chi connectivity index (χ4v) is 2.89. The number of rotatable bonds is 8. The molecule has 1 saturated heterocycles. The number of benzene rings is 1. The van der Waals surface area contributed by atoms with E-state index in [1.165, 1.54) is 29.0 Å². The molecule has 0 bridgehead atoms. The standard InChI is InChI=1S/C18H24FN3O4/c1-3-15(16(23)20-8-11-26-2)22-10-9-21(17(24)18(22)25)12-13-4-6-14(19)7-5-13/h4-7,15H,3,8-12H2,1-2H3,(H,20,23)/t15-/m0/s1. The van der Waals surface area contributed by atoms with E-state index in [2.05, 4.69) is 5.32 Å². The van der Waals surface area contributed by atoms with Crippen molar-refractivity contribution in [3.8, 4) is 0 Å². The van der Waals surface area contributed by atoms with Gasteiger partial charge in [0.2, 0.25) is 5.91 Å². The second kappa shape index (κ2) is 9.28. The van der Waals surface area contributed by atoms with Gasteiger partial charge in [-0.15, -0.1) is 0 Å². The molecular formula is C18H24FN3O4. The van der Waals surface area contributed by atoms with Crippen LogP contribution in [0.15, 0.2) is 24.3 Å². The molecule has 26 heavy (non-hydrogen) atoms. The van der Waals surface area contributed by atoms with E-state index in [9.17, 15) is 18.8 Å². The minimum atomic E-state index is -0.688. The zero-order valence-electron chi connectivity index (χ0n) is 15.0. The summed E-state index contributed by atoms with van der Waals surface area (Å²) in [6.45, 7) is 3.35. The highest BCUT2D eigenvalue weighted by Crippen LogP contribution is 2.15. The van der Waals surface area contributed by atoms with E-state index in [1.807, 2.05) is 0 Å². The maximum atomic E-state index is 13.0. The minimum Gasteiger partial charge on any atom is -0.383 e. The van der Waals surface area contributed by atoms with Crippen LogP contribution in [0.5, 0.6) is 0 Å². The molecule has 142 valence electrons. The molecule has 7 nitrogen and oxygen atoms in total. The zero-order chi connectivity index (χ0) is 19.1. The number of nitrogens with zero attached hydrogens (tertiary/aromatic N) is 2. The molecule has 1 atom stereocenters. The molecule has 8 heteroatoms. The monoisotopic (exact) mass is 365 g/mol. The number of hydrogen-bond donors (Lipinski definition) is 1. The Morgan fingerprint density at radius 1 is 1.23 bits per heavy atom. The van der Waals surface area contributed by atoms with Crippen molar-refractivity contribution in [2.24, 2.45) is 0 Å². The molecule has 0 radical (unpaired) electrons. The van der Waals surface area contributed by atoms with Crippen LogP contribution in [-0.4, -0.2) is 66.9 Å². The first kappa shape index (κ1) is 19.8. The number of nitrogens with one attached hydrogen (secondary N) is 1. The average molecular weight is 365 g/mol. The van der Waals surface area contributed by atoms with Crippen molar-refractivity contribution in [3.63, 3.8) is 0 Å². The number of piperazine rings is 1. The molecule has 2 rings (SSSR count). The van der Waals surface area contributed by atoms with Crippen molar-refractivity contribution in [2.45, 2.75) is 25.9 Å². The first-order chi connectivity index (χ1) is 12.5. The van der Waals surface area contributed by atoms with E-state index >= 15 is 0 Å². The Morgan fingerprint density at radius 3 is 2.54 bits per heavy atom. The largest absolute Gasteiger partial charge is 0.383 e. The van der Waals surface area contributed by atoms with Gasteiger partial charge in [-0.1, -0.05) is 19.1 Å². The molecule has 1 fully saturated rings. The van der Waals surface area contributed by atoms with Gasteiger partial charge in [-0.05, 0) is 24.1 Å². The summed E-state index contributed by atoms with van der Waals surface area (Å²) in [6, 6.07) is 5.11. The Balaban J connectivity index is 1.99. The number of methoxy groups -OCH3 is 1. The lowest BCUT2D eigenvalue weighted by atomic mass is 10.1. The van der Waals surface area contributed by atoms with E-state index in [0.717, 1.165) is 5.56 Å². The summed E-state index contributed by atoms with van der Waals surface area (Å²) in [7, 11) is 1.53. The van der Waals surface area contributed by atoms with Crippen LogP contribution in [0.25, 0.3) is 0 Å². The Bertz CT molecular complexity index is 650. The lowest BCUT2D eigenvalue weighted by molar-refractivity contribution is -0.159. The summed E-state index contributed by atoms with van der Waals surface area (Å²) in [5.74, 6) is -1.99. The summed E-state index contributed by atoms with van der Waals surface area (Å²) in [6.07, 6.45) is 0.412. The van der Waals surface area contributed by atoms with Crippen molar-refractivity contribution in [3.05, 3.63) is 35.6 Å². The van der Waals surface area contributed by atoms with Gasteiger partial charge in [-0.3, -0.25) is 14.4 Å². The maximum Gasteiger partial charge on any atom is 0.312 e. The molecule has 0 saturated carbocycles. The number of ether oxygens (including phenoxy) is 1. The van der Waals surface area contributed by atoms with Gasteiger partial charge in [0.25, 0.3) is 0 Å². The van der Waals surface area contributed by atoms with Gasteiger partial charge < -0.3 is 19.9 Å². The fourth-order valence-electron chi connectivity index (χ4n) is 2.89. The van der Waals surface area contributed by atoms with Crippen molar-refractivity contribution in [1.29, 1.82) is 0 Å². The predicted molar refractivity (Wildman–Crippen MR) is 92.5 cm³/mol. The van der Waals surface area contributed by atoms with Crippen LogP contribution in [0.2, 0.25) is 0 Å². The molecule has 1 heterocycles. The van der Waals surface area contributed by atoms with Gasteiger partial charge >= 0.3 is 11.8 Å². The number of carbonyl (C=O) groups excluding carboxylic acids is 3. The van der Waals surface area contributed by atoms with E-state index in [1.54, 1.807) is 19.1 Å². The molecule has 1 aliphatic rings. The third kappa shape index (κ3) is 4.78. The molecular weight excluding hydrogens is 341 g/mol. The molecule has 0 unspecified atom stereocenters. The molecule has 1 aromatic carbocycles. The highest BCUT2D eigenvalue weighted by Gasteiger charge is 2.38. The predicted octanol–water partition coefficient (Wildman–Crippen LogP) is 0.538. The molecule has 0 aromatic heterocycles. The first-order valence-electron chi connectivity index (χ1n) is 8.58. The smallest absolute Gasteiger partial charge is 0.312 e. The van der Waals surface area contributed by atoms with Gasteiger partial charge in [-0.2, -0.15) is 0 Å². The quantitative estimate of drug-likeness (QED) is 0.539. The van der Waals surface area contributed by atoms with Crippen LogP contribution >= 0.6 is 0 Å². The second-order valence-corrected chi connectivity index (χ2v) is 6.06. The summed E-state index contributed by atoms with van der Waals surface area (Å²) >= 11 is 0. The van der Waals surface area contributed by atoms with Crippen molar-refractivity contribution in [1.82, 2.24) is 15.1 Å². The van der Waals surface area contributed by atoms with Gasteiger partial charge in [-0.25, -0.2) is 4.39 Å². The molecule has 1 aromatic rings. The van der Waals surface area contributed by atoms with Gasteiger partial charge in [0.1, 0.15) is 11.9 Å². The first-order valence-corrected chi connectivity index (χ1v) is 8.58. The summed E-state index contributed by atoms with van der Waals surface area (Å²) in [5.41, 5.74) is 0.741. The fraction of sp³-hybridized carbons (Fsp3) is 0.500. The van der Waals surface area contributed by atoms with Crippen molar-refractivity contribution < 1.29 is 23.5 Å². The van der Waals surface area contributed by atoms with Crippen LogP contribution in [0.4, 0.5) is 4.39 Å². The topological polar surface area (TPSA) is 79.0 Å². The van der Waals surface area contributed by atoms with E-state index in [4.69, 9.17) is 4.74 Å². The molecule has 1 N–H and O–H groups in total. The zero-order valence-corrected chi connectivity index (χ0v) is 15.0. The number of amides is 3. The van der Waals surface area contributed by atoms with E-state index < -0.39 is 17.9 Å². The highest BCUT2D eigenvalue weighted by atomic mass is 19.1. The second-order valence-electron chi connectivity index (χ2n) is 6.06. The molecule has 0 spiro atoms. The van der Waals surface area contributed by atoms with Crippen molar-refractivity contribution >= 4 is 17.7 Å². The highest BCUT2D eigenvalue weighted by molar-refractivity contribution is 6.35. The third-order valence-corrected chi connectivity index (χ3v) is 4.30. The molecule has 0 aliphatic carbocycles. The van der Waals surface area contributed by atoms with Gasteiger partial charge in [0.15, 0.2) is 0 Å². The van der Waals surface area contributed by atoms with Gasteiger partial charge in [0, 0.05) is 33.3 Å². The number of halogens is 1. The van der Waals surface area contributed by atoms with Crippen LogP contribution < -0.4 is 5.32 Å². The Hall–Kier alpha value is -2.48. The number of carbonyl (C=O) groups is 3. The normalized spacial score (nSPS) is 16.0. The van der Waals surface area contributed by atoms with Crippen LogP contribution in [0.1, 0.15) is 18.9 Å². The van der Waals surface area contributed by atoms with Gasteiger partial charge in [0.05, 0.1) is 6.61 Å². The van der Waals surface area contributed by atoms with Crippen LogP contribution in [0.3, 0.4) is 0 Å². The lowest BCUT2D eigenvalue weighted by Gasteiger charge is -2.37. The third-order valence-electron chi connectivity index (χ3n) is 4.30. The van der Waals surface area contributed by atoms with Crippen LogP contribution in [-0.2, 0) is 25.7 Å². The number of hydrogen-bond acceptors (Lipinski definition) is 4. The van der Waals surface area contributed by atoms with Crippen LogP contribution in [0, 0.1) is 5.82 Å². The Labute approximate surface area is 152 Å². The lowest BCUT2D eigenvalue weighted by Crippen LogP contribution is -2.60. The summed E-state index contributed by atoms with van der Waals surface area (Å²) < 4.78 is 17.9. The molecule has 3 amide bonds. The average Bonchev–Trinajstić information content (AvgIpc) is 2.63.